The Morgan fingerprint density at radius 3 is 2.38 bits per heavy atom. The molecular formula is C20H22BNO2. The Labute approximate surface area is 145 Å². The zero-order valence-electron chi connectivity index (χ0n) is 14.5. The summed E-state index contributed by atoms with van der Waals surface area (Å²) in [6.45, 7) is 6.12. The third kappa shape index (κ3) is 2.93. The molecule has 2 radical (unpaired) electrons. The number of benzene rings is 2. The van der Waals surface area contributed by atoms with E-state index in [1.54, 1.807) is 4.90 Å². The summed E-state index contributed by atoms with van der Waals surface area (Å²) in [7, 11) is 6.88. The highest BCUT2D eigenvalue weighted by Gasteiger charge is 2.43. The second kappa shape index (κ2) is 6.01. The molecule has 24 heavy (non-hydrogen) atoms. The van der Waals surface area contributed by atoms with Crippen molar-refractivity contribution in [2.24, 2.45) is 0 Å². The Hall–Kier alpha value is -2.23. The molecule has 1 atom stereocenters. The van der Waals surface area contributed by atoms with Crippen LogP contribution in [-0.4, -0.2) is 31.0 Å². The highest BCUT2D eigenvalue weighted by molar-refractivity contribution is 6.19. The number of rotatable bonds is 1. The minimum atomic E-state index is -1.03. The molecule has 122 valence electrons. The largest absolute Gasteiger partial charge is 0.444 e. The van der Waals surface area contributed by atoms with E-state index in [0.29, 0.717) is 6.54 Å². The van der Waals surface area contributed by atoms with E-state index in [1.165, 1.54) is 5.56 Å². The third-order valence-corrected chi connectivity index (χ3v) is 4.29. The number of nitrogens with zero attached hydrogens (tertiary/aromatic N) is 1. The maximum atomic E-state index is 12.8. The first-order valence-electron chi connectivity index (χ1n) is 8.26. The van der Waals surface area contributed by atoms with Gasteiger partial charge < -0.3 is 9.64 Å². The fraction of sp³-hybridized carbons (Fsp3) is 0.350. The van der Waals surface area contributed by atoms with Gasteiger partial charge in [-0.1, -0.05) is 54.6 Å². The molecule has 0 aromatic heterocycles. The summed E-state index contributed by atoms with van der Waals surface area (Å²) in [5.74, 6) is 0. The van der Waals surface area contributed by atoms with Crippen molar-refractivity contribution in [3.8, 4) is 0 Å². The average molecular weight is 319 g/mol. The molecule has 1 aliphatic rings. The molecular weight excluding hydrogens is 297 g/mol. The predicted molar refractivity (Wildman–Crippen MR) is 96.1 cm³/mol. The molecule has 1 amide bonds. The van der Waals surface area contributed by atoms with Crippen molar-refractivity contribution in [3.63, 3.8) is 0 Å². The van der Waals surface area contributed by atoms with E-state index in [9.17, 15) is 4.79 Å². The number of carbonyl (C=O) groups excluding carboxylic acids is 1. The third-order valence-electron chi connectivity index (χ3n) is 4.29. The first kappa shape index (κ1) is 16.6. The van der Waals surface area contributed by atoms with E-state index in [2.05, 4.69) is 6.07 Å². The standard InChI is InChI=1S/C20H22BNO2/c1-19(2,3)24-18(23)22-14-13-15-9-7-8-12-17(15)20(22,21)16-10-5-4-6-11-16/h4-12H,13-14H2,1-3H3/t20-/m0/s1. The van der Waals surface area contributed by atoms with Crippen molar-refractivity contribution in [3.05, 3.63) is 71.3 Å². The lowest BCUT2D eigenvalue weighted by molar-refractivity contribution is 0.0129. The van der Waals surface area contributed by atoms with Crippen LogP contribution in [0.3, 0.4) is 0 Å². The van der Waals surface area contributed by atoms with Crippen molar-refractivity contribution in [2.75, 3.05) is 6.54 Å². The summed E-state index contributed by atoms with van der Waals surface area (Å²) < 4.78 is 5.62. The van der Waals surface area contributed by atoms with Gasteiger partial charge in [-0.25, -0.2) is 4.79 Å². The molecule has 3 nitrogen and oxygen atoms in total. The lowest BCUT2D eigenvalue weighted by Gasteiger charge is -2.47. The molecule has 1 heterocycles. The lowest BCUT2D eigenvalue weighted by Crippen LogP contribution is -2.55. The molecule has 3 rings (SSSR count). The van der Waals surface area contributed by atoms with Crippen LogP contribution in [0.2, 0.25) is 0 Å². The zero-order chi connectivity index (χ0) is 17.4. The van der Waals surface area contributed by atoms with E-state index < -0.39 is 11.0 Å². The number of fused-ring (bicyclic) bond motifs is 1. The molecule has 0 unspecified atom stereocenters. The van der Waals surface area contributed by atoms with Crippen LogP contribution >= 0.6 is 0 Å². The van der Waals surface area contributed by atoms with Gasteiger partial charge in [-0.2, -0.15) is 0 Å². The van der Waals surface area contributed by atoms with Crippen LogP contribution in [0.5, 0.6) is 0 Å². The Morgan fingerprint density at radius 2 is 1.71 bits per heavy atom. The van der Waals surface area contributed by atoms with Gasteiger partial charge in [0.15, 0.2) is 0 Å². The quantitative estimate of drug-likeness (QED) is 0.747. The number of amides is 1. The highest BCUT2D eigenvalue weighted by atomic mass is 16.6. The lowest BCUT2D eigenvalue weighted by atomic mass is 9.63. The summed E-state index contributed by atoms with van der Waals surface area (Å²) in [5, 5.41) is 0. The number of ether oxygens (including phenoxy) is 1. The molecule has 0 saturated heterocycles. The topological polar surface area (TPSA) is 29.5 Å². The minimum absolute atomic E-state index is 0.386. The molecule has 0 aliphatic carbocycles. The predicted octanol–water partition coefficient (Wildman–Crippen LogP) is 3.85. The summed E-state index contributed by atoms with van der Waals surface area (Å²) in [4.78, 5) is 14.5. The molecule has 1 aliphatic heterocycles. The average Bonchev–Trinajstić information content (AvgIpc) is 2.54. The normalized spacial score (nSPS) is 20.4. The van der Waals surface area contributed by atoms with Gasteiger partial charge in [0.2, 0.25) is 0 Å². The molecule has 0 saturated carbocycles. The first-order valence-corrected chi connectivity index (χ1v) is 8.26. The Balaban J connectivity index is 2.11. The van der Waals surface area contributed by atoms with Gasteiger partial charge in [-0.15, -0.1) is 0 Å². The monoisotopic (exact) mass is 319 g/mol. The number of carbonyl (C=O) groups is 1. The second-order valence-electron chi connectivity index (χ2n) is 7.17. The van der Waals surface area contributed by atoms with Crippen LogP contribution in [-0.2, 0) is 16.6 Å². The van der Waals surface area contributed by atoms with Gasteiger partial charge in [-0.05, 0) is 43.9 Å². The minimum Gasteiger partial charge on any atom is -0.444 e. The van der Waals surface area contributed by atoms with Crippen molar-refractivity contribution < 1.29 is 9.53 Å². The zero-order valence-corrected chi connectivity index (χ0v) is 14.5. The van der Waals surface area contributed by atoms with Crippen LogP contribution in [0.25, 0.3) is 0 Å². The van der Waals surface area contributed by atoms with E-state index in [0.717, 1.165) is 17.5 Å². The maximum Gasteiger partial charge on any atom is 0.410 e. The first-order chi connectivity index (χ1) is 11.3. The summed E-state index contributed by atoms with van der Waals surface area (Å²) in [6, 6.07) is 17.8. The fourth-order valence-corrected chi connectivity index (χ4v) is 3.22. The van der Waals surface area contributed by atoms with E-state index >= 15 is 0 Å². The van der Waals surface area contributed by atoms with Gasteiger partial charge in [0.1, 0.15) is 13.4 Å². The molecule has 2 aromatic carbocycles. The van der Waals surface area contributed by atoms with Crippen molar-refractivity contribution >= 4 is 13.9 Å². The second-order valence-corrected chi connectivity index (χ2v) is 7.17. The Morgan fingerprint density at radius 1 is 1.08 bits per heavy atom. The van der Waals surface area contributed by atoms with E-state index in [-0.39, 0.29) is 6.09 Å². The van der Waals surface area contributed by atoms with Crippen molar-refractivity contribution in [1.29, 1.82) is 0 Å². The number of hydrogen-bond acceptors (Lipinski definition) is 2. The van der Waals surface area contributed by atoms with E-state index in [1.807, 2.05) is 69.3 Å². The van der Waals surface area contributed by atoms with Gasteiger partial charge in [-0.3, -0.25) is 0 Å². The summed E-state index contributed by atoms with van der Waals surface area (Å²) in [6.07, 6.45) is 0.379. The van der Waals surface area contributed by atoms with Crippen molar-refractivity contribution in [1.82, 2.24) is 4.90 Å². The molecule has 4 heteroatoms. The highest BCUT2D eigenvalue weighted by Crippen LogP contribution is 2.39. The molecule has 0 fully saturated rings. The summed E-state index contributed by atoms with van der Waals surface area (Å²) >= 11 is 0. The van der Waals surface area contributed by atoms with Gasteiger partial charge in [0.05, 0.1) is 5.44 Å². The molecule has 0 bridgehead atoms. The van der Waals surface area contributed by atoms with Crippen LogP contribution < -0.4 is 0 Å². The van der Waals surface area contributed by atoms with E-state index in [4.69, 9.17) is 12.6 Å². The Kier molecular flexibility index (Phi) is 4.16. The molecule has 0 N–H and O–H groups in total. The van der Waals surface area contributed by atoms with Gasteiger partial charge >= 0.3 is 6.09 Å². The number of hydrogen-bond donors (Lipinski definition) is 0. The van der Waals surface area contributed by atoms with Crippen LogP contribution in [0.4, 0.5) is 4.79 Å². The van der Waals surface area contributed by atoms with Crippen LogP contribution in [0.1, 0.15) is 37.5 Å². The van der Waals surface area contributed by atoms with Crippen molar-refractivity contribution in [2.45, 2.75) is 38.2 Å². The van der Waals surface area contributed by atoms with Gasteiger partial charge in [0, 0.05) is 6.54 Å². The Bertz CT molecular complexity index is 739. The smallest absolute Gasteiger partial charge is 0.410 e. The fourth-order valence-electron chi connectivity index (χ4n) is 3.22. The SMILES string of the molecule is [B][C@]1(c2ccccc2)c2ccccc2CCN1C(=O)OC(C)(C)C. The summed E-state index contributed by atoms with van der Waals surface area (Å²) in [5.41, 5.74) is 1.41. The van der Waals surface area contributed by atoms with Crippen LogP contribution in [0, 0.1) is 0 Å². The maximum absolute atomic E-state index is 12.8. The van der Waals surface area contributed by atoms with Gasteiger partial charge in [0.25, 0.3) is 0 Å². The molecule has 0 spiro atoms. The van der Waals surface area contributed by atoms with Crippen LogP contribution in [0.15, 0.2) is 54.6 Å². The molecule has 2 aromatic rings.